The summed E-state index contributed by atoms with van der Waals surface area (Å²) in [6.45, 7) is 0. The Hall–Kier alpha value is -1.42. The van der Waals surface area contributed by atoms with Crippen molar-refractivity contribution in [1.29, 1.82) is 0 Å². The predicted octanol–water partition coefficient (Wildman–Crippen LogP) is 4.55. The number of amides is 1. The highest BCUT2D eigenvalue weighted by atomic mass is 32.1. The molecule has 4 rings (SSSR count). The summed E-state index contributed by atoms with van der Waals surface area (Å²) in [5, 5.41) is 1.16. The highest BCUT2D eigenvalue weighted by Gasteiger charge is 2.37. The normalized spacial score (nSPS) is 18.6. The standard InChI is InChI=1S/C19H24N2OS/c22-19(21(15-12-13-15)14-6-1-2-7-14)11-5-10-18-20-16-8-3-4-9-17(16)23-18/h3-4,8-9,14-15H,1-2,5-7,10-13H2. The fourth-order valence-corrected chi connectivity index (χ4v) is 4.80. The third-order valence-corrected chi connectivity index (χ3v) is 6.16. The van der Waals surface area contributed by atoms with E-state index in [1.807, 2.05) is 6.07 Å². The molecule has 1 aromatic carbocycles. The number of aromatic nitrogens is 1. The summed E-state index contributed by atoms with van der Waals surface area (Å²) in [4.78, 5) is 19.6. The first kappa shape index (κ1) is 15.1. The van der Waals surface area contributed by atoms with Crippen molar-refractivity contribution in [1.82, 2.24) is 9.88 Å². The van der Waals surface area contributed by atoms with Crippen LogP contribution >= 0.6 is 11.3 Å². The Morgan fingerprint density at radius 2 is 1.87 bits per heavy atom. The average molecular weight is 328 g/mol. The van der Waals surface area contributed by atoms with Crippen molar-refractivity contribution in [2.75, 3.05) is 0 Å². The van der Waals surface area contributed by atoms with Crippen LogP contribution in [0.1, 0.15) is 56.4 Å². The van der Waals surface area contributed by atoms with E-state index in [2.05, 4.69) is 28.1 Å². The molecular weight excluding hydrogens is 304 g/mol. The van der Waals surface area contributed by atoms with E-state index < -0.39 is 0 Å². The van der Waals surface area contributed by atoms with Gasteiger partial charge in [0.25, 0.3) is 0 Å². The van der Waals surface area contributed by atoms with Gasteiger partial charge in [-0.1, -0.05) is 25.0 Å². The van der Waals surface area contributed by atoms with Crippen LogP contribution in [0.15, 0.2) is 24.3 Å². The van der Waals surface area contributed by atoms with Gasteiger partial charge in [0.05, 0.1) is 15.2 Å². The van der Waals surface area contributed by atoms with Crippen LogP contribution in [0.25, 0.3) is 10.2 Å². The molecule has 4 heteroatoms. The second kappa shape index (κ2) is 6.60. The molecule has 2 fully saturated rings. The molecule has 23 heavy (non-hydrogen) atoms. The predicted molar refractivity (Wildman–Crippen MR) is 94.7 cm³/mol. The van der Waals surface area contributed by atoms with Crippen molar-refractivity contribution >= 4 is 27.5 Å². The van der Waals surface area contributed by atoms with E-state index in [0.717, 1.165) is 23.4 Å². The molecule has 0 bridgehead atoms. The maximum atomic E-state index is 12.7. The van der Waals surface area contributed by atoms with Crippen LogP contribution in [0.4, 0.5) is 0 Å². The zero-order chi connectivity index (χ0) is 15.6. The molecule has 1 amide bonds. The summed E-state index contributed by atoms with van der Waals surface area (Å²) >= 11 is 1.77. The lowest BCUT2D eigenvalue weighted by molar-refractivity contribution is -0.134. The van der Waals surface area contributed by atoms with Gasteiger partial charge in [0.15, 0.2) is 0 Å². The summed E-state index contributed by atoms with van der Waals surface area (Å²) in [7, 11) is 0. The van der Waals surface area contributed by atoms with Crippen molar-refractivity contribution in [2.24, 2.45) is 0 Å². The van der Waals surface area contributed by atoms with Gasteiger partial charge in [-0.25, -0.2) is 4.98 Å². The topological polar surface area (TPSA) is 33.2 Å². The summed E-state index contributed by atoms with van der Waals surface area (Å²) < 4.78 is 1.25. The minimum absolute atomic E-state index is 0.389. The largest absolute Gasteiger partial charge is 0.337 e. The molecule has 0 N–H and O–H groups in total. The SMILES string of the molecule is O=C(CCCc1nc2ccccc2s1)N(C1CCCC1)C1CC1. The van der Waals surface area contributed by atoms with E-state index in [1.165, 1.54) is 43.2 Å². The van der Waals surface area contributed by atoms with Gasteiger partial charge in [0, 0.05) is 18.5 Å². The van der Waals surface area contributed by atoms with E-state index >= 15 is 0 Å². The number of carbonyl (C=O) groups excluding carboxylic acids is 1. The summed E-state index contributed by atoms with van der Waals surface area (Å²) in [6.07, 6.45) is 10.0. The molecule has 0 aliphatic heterocycles. The number of thiazole rings is 1. The Morgan fingerprint density at radius 1 is 1.13 bits per heavy atom. The number of rotatable bonds is 6. The molecule has 122 valence electrons. The molecule has 2 aromatic rings. The summed E-state index contributed by atoms with van der Waals surface area (Å²) in [6, 6.07) is 9.38. The van der Waals surface area contributed by atoms with E-state index in [0.29, 0.717) is 24.4 Å². The van der Waals surface area contributed by atoms with Gasteiger partial charge in [0.2, 0.25) is 5.91 Å². The lowest BCUT2D eigenvalue weighted by atomic mass is 10.1. The van der Waals surface area contributed by atoms with Gasteiger partial charge in [-0.3, -0.25) is 4.79 Å². The Bertz CT molecular complexity index is 652. The van der Waals surface area contributed by atoms with Gasteiger partial charge in [-0.2, -0.15) is 0 Å². The van der Waals surface area contributed by atoms with Crippen molar-refractivity contribution in [3.05, 3.63) is 29.3 Å². The molecule has 1 aromatic heterocycles. The Kier molecular flexibility index (Phi) is 4.34. The van der Waals surface area contributed by atoms with Crippen molar-refractivity contribution < 1.29 is 4.79 Å². The van der Waals surface area contributed by atoms with Gasteiger partial charge in [-0.05, 0) is 50.7 Å². The fraction of sp³-hybridized carbons (Fsp3) is 0.579. The minimum atomic E-state index is 0.389. The summed E-state index contributed by atoms with van der Waals surface area (Å²) in [5.74, 6) is 0.389. The number of hydrogen-bond acceptors (Lipinski definition) is 3. The van der Waals surface area contributed by atoms with Crippen LogP contribution in [-0.4, -0.2) is 27.9 Å². The number of benzene rings is 1. The summed E-state index contributed by atoms with van der Waals surface area (Å²) in [5.41, 5.74) is 1.09. The van der Waals surface area contributed by atoms with Crippen LogP contribution in [0.2, 0.25) is 0 Å². The number of fused-ring (bicyclic) bond motifs is 1. The third-order valence-electron chi connectivity index (χ3n) is 5.07. The van der Waals surface area contributed by atoms with Crippen molar-refractivity contribution in [3.63, 3.8) is 0 Å². The number of aryl methyl sites for hydroxylation is 1. The Morgan fingerprint density at radius 3 is 2.61 bits per heavy atom. The molecule has 0 saturated heterocycles. The average Bonchev–Trinajstić information content (AvgIpc) is 3.08. The maximum absolute atomic E-state index is 12.7. The first-order valence-corrected chi connectivity index (χ1v) is 9.78. The van der Waals surface area contributed by atoms with Crippen LogP contribution in [-0.2, 0) is 11.2 Å². The monoisotopic (exact) mass is 328 g/mol. The van der Waals surface area contributed by atoms with Crippen molar-refractivity contribution in [2.45, 2.75) is 69.9 Å². The number of para-hydroxylation sites is 1. The smallest absolute Gasteiger partial charge is 0.223 e. The highest BCUT2D eigenvalue weighted by Crippen LogP contribution is 2.35. The molecular formula is C19H24N2OS. The van der Waals surface area contributed by atoms with E-state index in [-0.39, 0.29) is 0 Å². The minimum Gasteiger partial charge on any atom is -0.337 e. The van der Waals surface area contributed by atoms with Crippen LogP contribution in [0, 0.1) is 0 Å². The first-order valence-electron chi connectivity index (χ1n) is 8.97. The Labute approximate surface area is 141 Å². The van der Waals surface area contributed by atoms with Gasteiger partial charge < -0.3 is 4.90 Å². The lowest BCUT2D eigenvalue weighted by Gasteiger charge is -2.29. The molecule has 0 atom stereocenters. The second-order valence-corrected chi connectivity index (χ2v) is 8.01. The lowest BCUT2D eigenvalue weighted by Crippen LogP contribution is -2.40. The van der Waals surface area contributed by atoms with Gasteiger partial charge >= 0.3 is 0 Å². The zero-order valence-electron chi connectivity index (χ0n) is 13.5. The maximum Gasteiger partial charge on any atom is 0.223 e. The zero-order valence-corrected chi connectivity index (χ0v) is 14.4. The van der Waals surface area contributed by atoms with E-state index in [4.69, 9.17) is 0 Å². The van der Waals surface area contributed by atoms with Gasteiger partial charge in [-0.15, -0.1) is 11.3 Å². The number of nitrogens with zero attached hydrogens (tertiary/aromatic N) is 2. The molecule has 0 radical (unpaired) electrons. The Balaban J connectivity index is 1.33. The molecule has 3 nitrogen and oxygen atoms in total. The number of hydrogen-bond donors (Lipinski definition) is 0. The molecule has 1 heterocycles. The number of carbonyl (C=O) groups is 1. The van der Waals surface area contributed by atoms with Crippen LogP contribution in [0.3, 0.4) is 0 Å². The molecule has 0 spiro atoms. The molecule has 2 saturated carbocycles. The van der Waals surface area contributed by atoms with E-state index in [9.17, 15) is 4.79 Å². The first-order chi connectivity index (χ1) is 11.3. The highest BCUT2D eigenvalue weighted by molar-refractivity contribution is 7.18. The molecule has 2 aliphatic rings. The quantitative estimate of drug-likeness (QED) is 0.779. The van der Waals surface area contributed by atoms with Crippen LogP contribution < -0.4 is 0 Å². The molecule has 2 aliphatic carbocycles. The third kappa shape index (κ3) is 3.42. The van der Waals surface area contributed by atoms with Crippen molar-refractivity contribution in [3.8, 4) is 0 Å². The van der Waals surface area contributed by atoms with E-state index in [1.54, 1.807) is 11.3 Å². The second-order valence-electron chi connectivity index (χ2n) is 6.90. The molecule has 0 unspecified atom stereocenters. The fourth-order valence-electron chi connectivity index (χ4n) is 3.79. The van der Waals surface area contributed by atoms with Gasteiger partial charge in [0.1, 0.15) is 0 Å². The van der Waals surface area contributed by atoms with Crippen LogP contribution in [0.5, 0.6) is 0 Å².